The zero-order valence-electron chi connectivity index (χ0n) is 13.1. The van der Waals surface area contributed by atoms with Gasteiger partial charge in [0.1, 0.15) is 24.3 Å². The number of imidazole rings is 1. The molecule has 1 aromatic heterocycles. The number of non-ortho nitro benzene ring substituents is 1. The van der Waals surface area contributed by atoms with E-state index >= 15 is 0 Å². The topological polar surface area (TPSA) is 90.4 Å². The molecule has 24 heavy (non-hydrogen) atoms. The lowest BCUT2D eigenvalue weighted by Gasteiger charge is -2.14. The third-order valence-corrected chi connectivity index (χ3v) is 3.71. The second-order valence-electron chi connectivity index (χ2n) is 5.48. The van der Waals surface area contributed by atoms with E-state index in [0.717, 1.165) is 16.9 Å². The van der Waals surface area contributed by atoms with Crippen LogP contribution in [0.2, 0.25) is 0 Å². The first-order chi connectivity index (χ1) is 11.5. The van der Waals surface area contributed by atoms with E-state index < -0.39 is 11.0 Å². The van der Waals surface area contributed by atoms with E-state index in [1.165, 1.54) is 12.1 Å². The fourth-order valence-electron chi connectivity index (χ4n) is 2.57. The number of aliphatic hydroxyl groups is 1. The second kappa shape index (κ2) is 6.67. The number of nitrogens with zero attached hydrogens (tertiary/aromatic N) is 3. The first kappa shape index (κ1) is 15.9. The number of hydrogen-bond acceptors (Lipinski definition) is 5. The molecule has 3 aromatic rings. The minimum atomic E-state index is -0.763. The molecule has 0 spiro atoms. The largest absolute Gasteiger partial charge is 0.491 e. The van der Waals surface area contributed by atoms with Crippen LogP contribution >= 0.6 is 0 Å². The lowest BCUT2D eigenvalue weighted by Crippen LogP contribution is -2.24. The van der Waals surface area contributed by atoms with Crippen LogP contribution in [0.25, 0.3) is 11.0 Å². The van der Waals surface area contributed by atoms with Crippen LogP contribution < -0.4 is 4.74 Å². The van der Waals surface area contributed by atoms with Crippen molar-refractivity contribution in [1.82, 2.24) is 9.55 Å². The number of para-hydroxylation sites is 2. The fourth-order valence-corrected chi connectivity index (χ4v) is 2.57. The summed E-state index contributed by atoms with van der Waals surface area (Å²) < 4.78 is 7.40. The standard InChI is InChI=1S/C17H17N3O4/c1-12-18-16-7-2-3-8-17(16)19(12)10-14(21)11-24-15-6-4-5-13(9-15)20(22)23/h2-9,14,21H,10-11H2,1H3/t14-/m0/s1. The SMILES string of the molecule is Cc1nc2ccccc2n1C[C@H](O)COc1cccc([N+](=O)[O-])c1. The average molecular weight is 327 g/mol. The van der Waals surface area contributed by atoms with Crippen LogP contribution in [-0.4, -0.2) is 32.3 Å². The molecule has 7 nitrogen and oxygen atoms in total. The van der Waals surface area contributed by atoms with Crippen LogP contribution in [0.5, 0.6) is 5.75 Å². The molecule has 1 N–H and O–H groups in total. The van der Waals surface area contributed by atoms with Gasteiger partial charge in [0, 0.05) is 6.07 Å². The summed E-state index contributed by atoms with van der Waals surface area (Å²) in [5.74, 6) is 1.17. The summed E-state index contributed by atoms with van der Waals surface area (Å²) in [5, 5.41) is 21.0. The Labute approximate surface area is 138 Å². The van der Waals surface area contributed by atoms with Gasteiger partial charge in [0.05, 0.1) is 28.6 Å². The fraction of sp³-hybridized carbons (Fsp3) is 0.235. The number of benzene rings is 2. The van der Waals surface area contributed by atoms with E-state index in [1.807, 2.05) is 35.8 Å². The minimum absolute atomic E-state index is 0.0348. The monoisotopic (exact) mass is 327 g/mol. The molecule has 0 saturated heterocycles. The Hall–Kier alpha value is -2.93. The zero-order chi connectivity index (χ0) is 17.1. The molecular formula is C17H17N3O4. The maximum absolute atomic E-state index is 10.8. The third kappa shape index (κ3) is 3.36. The smallest absolute Gasteiger partial charge is 0.273 e. The molecule has 1 atom stereocenters. The van der Waals surface area contributed by atoms with Gasteiger partial charge in [-0.05, 0) is 25.1 Å². The van der Waals surface area contributed by atoms with Crippen LogP contribution in [0.15, 0.2) is 48.5 Å². The molecular weight excluding hydrogens is 310 g/mol. The number of hydrogen-bond donors (Lipinski definition) is 1. The van der Waals surface area contributed by atoms with Gasteiger partial charge in [0.25, 0.3) is 5.69 Å². The Balaban J connectivity index is 1.67. The Bertz CT molecular complexity index is 875. The van der Waals surface area contributed by atoms with Crippen molar-refractivity contribution in [2.45, 2.75) is 19.6 Å². The first-order valence-corrected chi connectivity index (χ1v) is 7.52. The van der Waals surface area contributed by atoms with Crippen LogP contribution in [0, 0.1) is 17.0 Å². The minimum Gasteiger partial charge on any atom is -0.491 e. The van der Waals surface area contributed by atoms with Crippen molar-refractivity contribution >= 4 is 16.7 Å². The van der Waals surface area contributed by atoms with Gasteiger partial charge in [-0.2, -0.15) is 0 Å². The quantitative estimate of drug-likeness (QED) is 0.555. The number of ether oxygens (including phenoxy) is 1. The molecule has 124 valence electrons. The number of fused-ring (bicyclic) bond motifs is 1. The molecule has 0 aliphatic heterocycles. The molecule has 0 bridgehead atoms. The number of nitro benzene ring substituents is 1. The number of aromatic nitrogens is 2. The maximum Gasteiger partial charge on any atom is 0.273 e. The Morgan fingerprint density at radius 1 is 1.29 bits per heavy atom. The lowest BCUT2D eigenvalue weighted by molar-refractivity contribution is -0.384. The van der Waals surface area contributed by atoms with E-state index in [9.17, 15) is 15.2 Å². The number of aliphatic hydroxyl groups excluding tert-OH is 1. The first-order valence-electron chi connectivity index (χ1n) is 7.52. The van der Waals surface area contributed by atoms with Crippen molar-refractivity contribution in [3.63, 3.8) is 0 Å². The molecule has 7 heteroatoms. The van der Waals surface area contributed by atoms with Crippen molar-refractivity contribution in [2.24, 2.45) is 0 Å². The second-order valence-corrected chi connectivity index (χ2v) is 5.48. The highest BCUT2D eigenvalue weighted by Gasteiger charge is 2.13. The Morgan fingerprint density at radius 2 is 2.08 bits per heavy atom. The van der Waals surface area contributed by atoms with Crippen molar-refractivity contribution in [1.29, 1.82) is 0 Å². The molecule has 1 heterocycles. The van der Waals surface area contributed by atoms with E-state index in [2.05, 4.69) is 4.98 Å². The van der Waals surface area contributed by atoms with Crippen LogP contribution in [0.4, 0.5) is 5.69 Å². The van der Waals surface area contributed by atoms with Gasteiger partial charge < -0.3 is 14.4 Å². The summed E-state index contributed by atoms with van der Waals surface area (Å²) in [6, 6.07) is 13.6. The van der Waals surface area contributed by atoms with Gasteiger partial charge in [-0.1, -0.05) is 18.2 Å². The van der Waals surface area contributed by atoms with Crippen molar-refractivity contribution in [3.05, 3.63) is 64.5 Å². The molecule has 2 aromatic carbocycles. The highest BCUT2D eigenvalue weighted by molar-refractivity contribution is 5.75. The summed E-state index contributed by atoms with van der Waals surface area (Å²) in [7, 11) is 0. The summed E-state index contributed by atoms with van der Waals surface area (Å²) in [6.45, 7) is 2.25. The number of rotatable bonds is 6. The molecule has 0 amide bonds. The van der Waals surface area contributed by atoms with Crippen LogP contribution in [0.1, 0.15) is 5.82 Å². The number of aryl methyl sites for hydroxylation is 1. The normalized spacial score (nSPS) is 12.2. The predicted molar refractivity (Wildman–Crippen MR) is 89.1 cm³/mol. The van der Waals surface area contributed by atoms with E-state index in [-0.39, 0.29) is 12.3 Å². The highest BCUT2D eigenvalue weighted by atomic mass is 16.6. The average Bonchev–Trinajstić information content (AvgIpc) is 2.89. The van der Waals surface area contributed by atoms with Crippen LogP contribution in [-0.2, 0) is 6.54 Å². The lowest BCUT2D eigenvalue weighted by atomic mass is 10.3. The van der Waals surface area contributed by atoms with Gasteiger partial charge in [-0.25, -0.2) is 4.98 Å². The van der Waals surface area contributed by atoms with Crippen molar-refractivity contribution < 1.29 is 14.8 Å². The van der Waals surface area contributed by atoms with Gasteiger partial charge in [-0.15, -0.1) is 0 Å². The van der Waals surface area contributed by atoms with Crippen LogP contribution in [0.3, 0.4) is 0 Å². The Morgan fingerprint density at radius 3 is 2.88 bits per heavy atom. The molecule has 0 aliphatic carbocycles. The molecule has 3 rings (SSSR count). The van der Waals surface area contributed by atoms with E-state index in [1.54, 1.807) is 12.1 Å². The summed E-state index contributed by atoms with van der Waals surface area (Å²) in [4.78, 5) is 14.7. The Kier molecular flexibility index (Phi) is 4.43. The molecule has 0 unspecified atom stereocenters. The molecule has 0 saturated carbocycles. The zero-order valence-corrected chi connectivity index (χ0v) is 13.1. The molecule has 0 radical (unpaired) electrons. The predicted octanol–water partition coefficient (Wildman–Crippen LogP) is 2.69. The van der Waals surface area contributed by atoms with Crippen molar-refractivity contribution in [2.75, 3.05) is 6.61 Å². The maximum atomic E-state index is 10.8. The van der Waals surface area contributed by atoms with Gasteiger partial charge in [-0.3, -0.25) is 10.1 Å². The van der Waals surface area contributed by atoms with Gasteiger partial charge in [0.15, 0.2) is 0 Å². The molecule has 0 aliphatic rings. The summed E-state index contributed by atoms with van der Waals surface area (Å²) in [6.07, 6.45) is -0.763. The van der Waals surface area contributed by atoms with Crippen molar-refractivity contribution in [3.8, 4) is 5.75 Å². The highest BCUT2D eigenvalue weighted by Crippen LogP contribution is 2.20. The van der Waals surface area contributed by atoms with E-state index in [0.29, 0.717) is 12.3 Å². The van der Waals surface area contributed by atoms with Gasteiger partial charge in [0.2, 0.25) is 0 Å². The van der Waals surface area contributed by atoms with E-state index in [4.69, 9.17) is 4.74 Å². The number of nitro groups is 1. The third-order valence-electron chi connectivity index (χ3n) is 3.71. The molecule has 0 fully saturated rings. The van der Waals surface area contributed by atoms with Gasteiger partial charge >= 0.3 is 0 Å². The summed E-state index contributed by atoms with van der Waals surface area (Å²) >= 11 is 0. The summed E-state index contributed by atoms with van der Waals surface area (Å²) in [5.41, 5.74) is 1.78.